The first-order chi connectivity index (χ1) is 39.2. The fourth-order valence-corrected chi connectivity index (χ4v) is 6.74. The molecule has 0 fully saturated rings. The number of allylic oxidation sites excluding steroid dienone is 2. The number of hydrogen-bond donors (Lipinski definition) is 3. The quantitative estimate of drug-likeness (QED) is 0.0217. The number of esters is 1. The van der Waals surface area contributed by atoms with Crippen molar-refractivity contribution in [3.8, 4) is 22.5 Å². The van der Waals surface area contributed by atoms with E-state index in [1.807, 2.05) is 91.9 Å². The number of H-pyrrole nitrogens is 1. The minimum absolute atomic E-state index is 0. The fraction of sp³-hybridized carbons (Fsp3) is 0.211. The molecule has 0 unspecified atom stereocenters. The van der Waals surface area contributed by atoms with Gasteiger partial charge >= 0.3 is 89.8 Å². The molecule has 87 heavy (non-hydrogen) atoms. The average Bonchev–Trinajstić information content (AvgIpc) is 4.42. The summed E-state index contributed by atoms with van der Waals surface area (Å²) in [7, 11) is 1.00. The summed E-state index contributed by atoms with van der Waals surface area (Å²) < 4.78 is 154. The maximum atomic E-state index is 13.2. The van der Waals surface area contributed by atoms with Gasteiger partial charge in [-0.05, 0) is 94.2 Å². The number of nitrogens with one attached hydrogen (secondary N) is 1. The molecule has 0 amide bonds. The summed E-state index contributed by atoms with van der Waals surface area (Å²) in [4.78, 5) is 40.2. The maximum absolute atomic E-state index is 13.2. The van der Waals surface area contributed by atoms with Gasteiger partial charge in [-0.3, -0.25) is 14.7 Å². The number of aromatic nitrogens is 8. The summed E-state index contributed by atoms with van der Waals surface area (Å²) in [6.07, 6.45) is -14.5. The zero-order valence-electron chi connectivity index (χ0n) is 48.2. The van der Waals surface area contributed by atoms with Gasteiger partial charge in [0.25, 0.3) is 0 Å². The molecule has 15 nitrogen and oxygen atoms in total. The number of aryl methyl sites for hydroxylation is 4. The van der Waals surface area contributed by atoms with Crippen molar-refractivity contribution in [2.24, 2.45) is 0 Å². The molecule has 0 atom stereocenters. The number of carbonyl (C=O) groups excluding carboxylic acids is 3. The molecule has 456 valence electrons. The van der Waals surface area contributed by atoms with Crippen LogP contribution in [0.1, 0.15) is 68.2 Å². The van der Waals surface area contributed by atoms with Gasteiger partial charge in [-0.1, -0.05) is 119 Å². The topological polar surface area (TPSA) is 219 Å². The number of hydrogen-bond acceptors (Lipinski definition) is 12. The van der Waals surface area contributed by atoms with E-state index in [9.17, 15) is 72.2 Å². The van der Waals surface area contributed by atoms with Crippen LogP contribution in [0.4, 0.5) is 58.5 Å². The van der Waals surface area contributed by atoms with Crippen LogP contribution in [-0.2, 0) is 21.9 Å². The molecule has 9 aromatic rings. The van der Waals surface area contributed by atoms with Crippen LogP contribution in [0.15, 0.2) is 152 Å². The van der Waals surface area contributed by atoms with Gasteiger partial charge in [0, 0.05) is 35.4 Å². The molecule has 5 aromatic heterocycles. The third kappa shape index (κ3) is 26.3. The molecular formula is C57H54F12IN9Na2O6. The summed E-state index contributed by atoms with van der Waals surface area (Å²) in [5.74, 6) is -4.49. The number of nitrogen functional groups attached to an aromatic ring is 1. The second-order valence-corrected chi connectivity index (χ2v) is 18.2. The third-order valence-corrected chi connectivity index (χ3v) is 11.2. The second kappa shape index (κ2) is 36.6. The van der Waals surface area contributed by atoms with E-state index in [1.54, 1.807) is 62.5 Å². The summed E-state index contributed by atoms with van der Waals surface area (Å²) in [6, 6.07) is 33.1. The smallest absolute Gasteiger partial charge is 0.869 e. The van der Waals surface area contributed by atoms with E-state index in [4.69, 9.17) is 10.8 Å². The van der Waals surface area contributed by atoms with Crippen LogP contribution in [0.3, 0.4) is 0 Å². The number of aromatic amines is 1. The number of anilines is 1. The van der Waals surface area contributed by atoms with Crippen molar-refractivity contribution in [2.45, 2.75) is 66.2 Å². The molecule has 0 aliphatic carbocycles. The molecule has 0 radical (unpaired) electrons. The number of halogens is 13. The number of benzene rings is 4. The predicted octanol–water partition coefficient (Wildman–Crippen LogP) is 7.40. The Morgan fingerprint density at radius 3 is 1.41 bits per heavy atom. The van der Waals surface area contributed by atoms with E-state index < -0.39 is 53.6 Å². The van der Waals surface area contributed by atoms with Gasteiger partial charge in [0.1, 0.15) is 5.82 Å². The Morgan fingerprint density at radius 2 is 1.06 bits per heavy atom. The summed E-state index contributed by atoms with van der Waals surface area (Å²) in [5.41, 5.74) is 10.7. The van der Waals surface area contributed by atoms with Crippen molar-refractivity contribution < 1.29 is 141 Å². The Bertz CT molecular complexity index is 3580. The standard InChI is InChI=1S/C14H9F3IN3.C14H10F3N3.C11H9F3O2.C9H10O.C4H5F3O2.C3H5N3.CH4O.CH3.2Na/c1-8-2-4-9(5-3-8)11-6-12(14(15,16)17)21-13(20-11)10(18)7-19-21;1-9-2-4-10(5-3-9)11-8-12(14(15,16)17)20-13(19-11)6-7-18-20;1-7-2-4-8(5-3-7)9(15)6-10(16)11(12,13)14;1-7-3-5-9(6-4-7)8(2)10;1-2-9-3(8)4(5,6)7;4-3-1-2-5-6-3;1-2;;;/h2-7H,1H3;2-8H,1H3;2-6,16H,1H3;3-6H,1-2H3;2H2,1H3;1-2H,(H3,4,5,6);2H,1H3;1H3;;/q;;;;;;;-1;2*+1/p-1/b;;10-6-;;;;;;;. The van der Waals surface area contributed by atoms with Crippen LogP contribution >= 0.6 is 22.6 Å². The number of fused-ring (bicyclic) bond motifs is 2. The van der Waals surface area contributed by atoms with E-state index in [1.165, 1.54) is 43.1 Å². The van der Waals surface area contributed by atoms with Crippen LogP contribution in [0.2, 0.25) is 0 Å². The van der Waals surface area contributed by atoms with E-state index in [-0.39, 0.29) is 113 Å². The van der Waals surface area contributed by atoms with Crippen LogP contribution in [0.25, 0.3) is 33.8 Å². The molecule has 4 aromatic carbocycles. The Kier molecular flexibility index (Phi) is 33.8. The first kappa shape index (κ1) is 80.3. The number of nitrogens with two attached hydrogens (primary N) is 1. The van der Waals surface area contributed by atoms with E-state index in [2.05, 4.69) is 35.1 Å². The monoisotopic (exact) mass is 1360 g/mol. The number of ketones is 2. The molecule has 4 N–H and O–H groups in total. The molecule has 0 saturated heterocycles. The zero-order chi connectivity index (χ0) is 63.3. The van der Waals surface area contributed by atoms with Gasteiger partial charge in [-0.2, -0.15) is 68.0 Å². The van der Waals surface area contributed by atoms with Crippen molar-refractivity contribution in [3.05, 3.63) is 208 Å². The number of rotatable bonds is 6. The molecule has 9 rings (SSSR count). The van der Waals surface area contributed by atoms with Crippen LogP contribution in [0.5, 0.6) is 0 Å². The zero-order valence-corrected chi connectivity index (χ0v) is 54.3. The number of Topliss-reactive ketones (excluding diaryl/α,β-unsaturated/α-hetero) is 1. The van der Waals surface area contributed by atoms with Crippen LogP contribution < -0.4 is 70.0 Å². The molecule has 0 saturated carbocycles. The number of carbonyl (C=O) groups is 3. The molecule has 30 heteroatoms. The minimum atomic E-state index is -5.00. The number of nitrogens with zero attached hydrogens (tertiary/aromatic N) is 7. The van der Waals surface area contributed by atoms with E-state index in [0.717, 1.165) is 50.5 Å². The van der Waals surface area contributed by atoms with Gasteiger partial charge in [-0.25, -0.2) is 23.8 Å². The number of ether oxygens (including phenoxy) is 1. The minimum Gasteiger partial charge on any atom is -0.869 e. The van der Waals surface area contributed by atoms with Gasteiger partial charge in [-0.15, -0.1) is 0 Å². The van der Waals surface area contributed by atoms with Gasteiger partial charge < -0.3 is 28.1 Å². The summed E-state index contributed by atoms with van der Waals surface area (Å²) >= 11 is 1.93. The van der Waals surface area contributed by atoms with Crippen molar-refractivity contribution in [1.82, 2.24) is 39.4 Å². The normalized spacial score (nSPS) is 10.9. The van der Waals surface area contributed by atoms with Crippen LogP contribution in [0, 0.1) is 38.7 Å². The summed E-state index contributed by atoms with van der Waals surface area (Å²) in [5, 5.41) is 31.0. The molecule has 5 heterocycles. The van der Waals surface area contributed by atoms with E-state index >= 15 is 0 Å². The van der Waals surface area contributed by atoms with Gasteiger partial charge in [0.05, 0.1) is 40.2 Å². The molecule has 0 aliphatic heterocycles. The van der Waals surface area contributed by atoms with Gasteiger partial charge in [0.2, 0.25) is 0 Å². The Balaban J connectivity index is 0.00000105. The average molecular weight is 1360 g/mol. The van der Waals surface area contributed by atoms with Crippen LogP contribution in [-0.4, -0.2) is 88.1 Å². The van der Waals surface area contributed by atoms with Crippen molar-refractivity contribution in [3.63, 3.8) is 0 Å². The Morgan fingerprint density at radius 1 is 0.632 bits per heavy atom. The molecule has 0 spiro atoms. The largest absolute Gasteiger partial charge is 1.00 e. The Labute approximate surface area is 549 Å². The number of alkyl halides is 12. The Hall–Kier alpha value is -6.67. The predicted molar refractivity (Wildman–Crippen MR) is 300 cm³/mol. The maximum Gasteiger partial charge on any atom is 1.00 e. The summed E-state index contributed by atoms with van der Waals surface area (Å²) in [6.45, 7) is 10.2. The second-order valence-electron chi connectivity index (χ2n) is 17.0. The molecule has 0 aliphatic rings. The molecule has 0 bridgehead atoms. The van der Waals surface area contributed by atoms with Gasteiger partial charge in [0.15, 0.2) is 34.2 Å². The number of aliphatic hydroxyl groups excluding tert-OH is 1. The first-order valence-electron chi connectivity index (χ1n) is 23.9. The number of aliphatic hydroxyl groups is 1. The third-order valence-electron chi connectivity index (χ3n) is 10.4. The van der Waals surface area contributed by atoms with Crippen molar-refractivity contribution >= 4 is 57.2 Å². The fourth-order valence-electron chi connectivity index (χ4n) is 6.27. The molecular weight excluding hydrogens is 1310 g/mol. The SMILES string of the molecule is CC(=O)c1ccc(C)cc1.CCOC(=O)C(F)(F)F.CO.Cc1ccc(-c2cc(C(F)(F)F)n3ncc(I)c3n2)cc1.Cc1ccc(-c2cc(C(F)(F)F)n3nccc3n2)cc1.Cc1ccc(C(=O)/C=C(\[O-])C(F)(F)F)cc1.Nc1ccn[nH]1.[CH3-].[Na+].[Na+]. The van der Waals surface area contributed by atoms with E-state index in [0.29, 0.717) is 20.5 Å². The first-order valence-corrected chi connectivity index (χ1v) is 25.0. The van der Waals surface area contributed by atoms with Crippen molar-refractivity contribution in [2.75, 3.05) is 19.5 Å². The van der Waals surface area contributed by atoms with Crippen molar-refractivity contribution in [1.29, 1.82) is 0 Å².